The van der Waals surface area contributed by atoms with Gasteiger partial charge in [-0.2, -0.15) is 0 Å². The van der Waals surface area contributed by atoms with Crippen LogP contribution in [0.2, 0.25) is 0 Å². The van der Waals surface area contributed by atoms with Crippen LogP contribution < -0.4 is 9.62 Å². The minimum Gasteiger partial charge on any atom is -0.321 e. The molecule has 0 unspecified atom stereocenters. The lowest BCUT2D eigenvalue weighted by atomic mass is 10.2. The van der Waals surface area contributed by atoms with E-state index in [2.05, 4.69) is 10.3 Å². The summed E-state index contributed by atoms with van der Waals surface area (Å²) in [7, 11) is -3.22. The van der Waals surface area contributed by atoms with Crippen LogP contribution in [0, 0.1) is 6.92 Å². The highest BCUT2D eigenvalue weighted by Gasteiger charge is 2.28. The predicted octanol–water partition coefficient (Wildman–Crippen LogP) is 2.24. The Morgan fingerprint density at radius 3 is 2.86 bits per heavy atom. The molecule has 6 nitrogen and oxygen atoms in total. The molecular weight excluding hydrogens is 322 g/mol. The Bertz CT molecular complexity index is 814. The van der Waals surface area contributed by atoms with E-state index in [-0.39, 0.29) is 11.7 Å². The highest BCUT2D eigenvalue weighted by Crippen LogP contribution is 2.26. The van der Waals surface area contributed by atoms with Gasteiger partial charge in [-0.3, -0.25) is 9.10 Å². The molecule has 0 spiro atoms. The molecule has 1 saturated heterocycles. The first-order valence-electron chi connectivity index (χ1n) is 6.80. The number of nitrogens with zero attached hydrogens (tertiary/aromatic N) is 2. The Kier molecular flexibility index (Phi) is 3.88. The van der Waals surface area contributed by atoms with Gasteiger partial charge in [0.05, 0.1) is 16.4 Å². The summed E-state index contributed by atoms with van der Waals surface area (Å²) in [5, 5.41) is 5.26. The van der Waals surface area contributed by atoms with Gasteiger partial charge >= 0.3 is 0 Å². The van der Waals surface area contributed by atoms with Crippen molar-refractivity contribution in [2.45, 2.75) is 13.3 Å². The lowest BCUT2D eigenvalue weighted by molar-refractivity contribution is 0.102. The van der Waals surface area contributed by atoms with Crippen molar-refractivity contribution in [3.63, 3.8) is 0 Å². The van der Waals surface area contributed by atoms with E-state index in [0.29, 0.717) is 30.0 Å². The molecule has 1 aliphatic heterocycles. The number of aryl methyl sites for hydroxylation is 1. The zero-order valence-corrected chi connectivity index (χ0v) is 13.6. The minimum atomic E-state index is -3.22. The second-order valence-electron chi connectivity index (χ2n) is 5.00. The summed E-state index contributed by atoms with van der Waals surface area (Å²) in [4.78, 5) is 16.2. The molecule has 0 radical (unpaired) electrons. The minimum absolute atomic E-state index is 0.168. The molecule has 1 aromatic heterocycles. The van der Waals surface area contributed by atoms with E-state index in [1.54, 1.807) is 29.6 Å². The Balaban J connectivity index is 1.81. The topological polar surface area (TPSA) is 79.4 Å². The molecule has 3 rings (SSSR count). The monoisotopic (exact) mass is 337 g/mol. The van der Waals surface area contributed by atoms with Crippen molar-refractivity contribution in [1.82, 2.24) is 4.98 Å². The summed E-state index contributed by atoms with van der Waals surface area (Å²) in [6.45, 7) is 2.31. The number of hydrogen-bond donors (Lipinski definition) is 1. The van der Waals surface area contributed by atoms with Crippen molar-refractivity contribution in [3.8, 4) is 0 Å². The Morgan fingerprint density at radius 1 is 1.41 bits per heavy atom. The molecule has 0 bridgehead atoms. The molecule has 1 fully saturated rings. The average Bonchev–Trinajstić information content (AvgIpc) is 3.04. The molecule has 0 atom stereocenters. The first kappa shape index (κ1) is 15.0. The van der Waals surface area contributed by atoms with E-state index in [1.807, 2.05) is 6.92 Å². The van der Waals surface area contributed by atoms with E-state index >= 15 is 0 Å². The molecule has 1 aromatic carbocycles. The molecular formula is C14H15N3O3S2. The van der Waals surface area contributed by atoms with Crippen LogP contribution >= 0.6 is 11.3 Å². The van der Waals surface area contributed by atoms with Crippen LogP contribution in [0.15, 0.2) is 29.6 Å². The van der Waals surface area contributed by atoms with Gasteiger partial charge in [-0.25, -0.2) is 13.4 Å². The number of sulfonamides is 1. The normalized spacial score (nSPS) is 16.7. The van der Waals surface area contributed by atoms with Crippen molar-refractivity contribution < 1.29 is 13.2 Å². The Labute approximate surface area is 132 Å². The number of nitrogens with one attached hydrogen (secondary N) is 1. The molecule has 2 aromatic rings. The standard InChI is InChI=1S/C14H15N3O3S2/c1-10-15-13(9-21-10)14(18)16-11-4-2-5-12(8-11)17-6-3-7-22(17,19)20/h2,4-5,8-9H,3,6-7H2,1H3,(H,16,18). The van der Waals surface area contributed by atoms with E-state index in [1.165, 1.54) is 15.6 Å². The Morgan fingerprint density at radius 2 is 2.23 bits per heavy atom. The van der Waals surface area contributed by atoms with Gasteiger partial charge in [0.2, 0.25) is 10.0 Å². The first-order chi connectivity index (χ1) is 10.5. The summed E-state index contributed by atoms with van der Waals surface area (Å²) < 4.78 is 25.3. The quantitative estimate of drug-likeness (QED) is 0.931. The third-order valence-electron chi connectivity index (χ3n) is 3.34. The largest absolute Gasteiger partial charge is 0.321 e. The number of thiazole rings is 1. The molecule has 1 N–H and O–H groups in total. The summed E-state index contributed by atoms with van der Waals surface area (Å²) >= 11 is 1.41. The van der Waals surface area contributed by atoms with Gasteiger partial charge in [0.15, 0.2) is 0 Å². The molecule has 0 aliphatic carbocycles. The van der Waals surface area contributed by atoms with Gasteiger partial charge in [0.1, 0.15) is 5.69 Å². The van der Waals surface area contributed by atoms with Gasteiger partial charge in [0, 0.05) is 17.6 Å². The second kappa shape index (κ2) is 5.69. The lowest BCUT2D eigenvalue weighted by Crippen LogP contribution is -2.25. The third kappa shape index (κ3) is 2.97. The Hall–Kier alpha value is -1.93. The molecule has 1 amide bonds. The number of rotatable bonds is 3. The summed E-state index contributed by atoms with van der Waals surface area (Å²) in [5.41, 5.74) is 1.49. The van der Waals surface area contributed by atoms with Gasteiger partial charge in [-0.15, -0.1) is 11.3 Å². The van der Waals surface area contributed by atoms with E-state index in [4.69, 9.17) is 0 Å². The van der Waals surface area contributed by atoms with E-state index < -0.39 is 10.0 Å². The molecule has 1 aliphatic rings. The first-order valence-corrected chi connectivity index (χ1v) is 9.28. The highest BCUT2D eigenvalue weighted by molar-refractivity contribution is 7.93. The van der Waals surface area contributed by atoms with E-state index in [9.17, 15) is 13.2 Å². The molecule has 8 heteroatoms. The molecule has 0 saturated carbocycles. The summed E-state index contributed by atoms with van der Waals surface area (Å²) in [6, 6.07) is 6.85. The maximum atomic E-state index is 12.1. The lowest BCUT2D eigenvalue weighted by Gasteiger charge is -2.17. The highest BCUT2D eigenvalue weighted by atomic mass is 32.2. The SMILES string of the molecule is Cc1nc(C(=O)Nc2cccc(N3CCCS3(=O)=O)c2)cs1. The van der Waals surface area contributed by atoms with Crippen molar-refractivity contribution in [3.05, 3.63) is 40.3 Å². The molecule has 116 valence electrons. The van der Waals surface area contributed by atoms with E-state index in [0.717, 1.165) is 5.01 Å². The fourth-order valence-electron chi connectivity index (χ4n) is 2.33. The van der Waals surface area contributed by atoms with Crippen LogP contribution in [0.5, 0.6) is 0 Å². The van der Waals surface area contributed by atoms with Crippen molar-refractivity contribution in [2.24, 2.45) is 0 Å². The number of anilines is 2. The van der Waals surface area contributed by atoms with Crippen molar-refractivity contribution >= 4 is 38.6 Å². The van der Waals surface area contributed by atoms with Crippen LogP contribution in [-0.2, 0) is 10.0 Å². The van der Waals surface area contributed by atoms with Crippen LogP contribution in [0.1, 0.15) is 21.9 Å². The smallest absolute Gasteiger partial charge is 0.275 e. The molecule has 2 heterocycles. The number of benzene rings is 1. The van der Waals surface area contributed by atoms with Crippen LogP contribution in [0.3, 0.4) is 0 Å². The van der Waals surface area contributed by atoms with Gasteiger partial charge in [0.25, 0.3) is 5.91 Å². The van der Waals surface area contributed by atoms with Crippen LogP contribution in [0.4, 0.5) is 11.4 Å². The maximum absolute atomic E-state index is 12.1. The average molecular weight is 337 g/mol. The fraction of sp³-hybridized carbons (Fsp3) is 0.286. The number of carbonyl (C=O) groups is 1. The van der Waals surface area contributed by atoms with Crippen LogP contribution in [-0.4, -0.2) is 31.6 Å². The van der Waals surface area contributed by atoms with Gasteiger partial charge in [-0.05, 0) is 31.5 Å². The number of amides is 1. The third-order valence-corrected chi connectivity index (χ3v) is 5.99. The van der Waals surface area contributed by atoms with Crippen molar-refractivity contribution in [1.29, 1.82) is 0 Å². The zero-order valence-electron chi connectivity index (χ0n) is 11.9. The second-order valence-corrected chi connectivity index (χ2v) is 8.07. The van der Waals surface area contributed by atoms with Gasteiger partial charge in [-0.1, -0.05) is 6.07 Å². The zero-order chi connectivity index (χ0) is 15.7. The predicted molar refractivity (Wildman–Crippen MR) is 87.0 cm³/mol. The van der Waals surface area contributed by atoms with Crippen LogP contribution in [0.25, 0.3) is 0 Å². The summed E-state index contributed by atoms with van der Waals surface area (Å²) in [6.07, 6.45) is 0.622. The maximum Gasteiger partial charge on any atom is 0.275 e. The summed E-state index contributed by atoms with van der Waals surface area (Å²) in [5.74, 6) is -0.132. The fourth-order valence-corrected chi connectivity index (χ4v) is 4.48. The molecule has 22 heavy (non-hydrogen) atoms. The van der Waals surface area contributed by atoms with Gasteiger partial charge < -0.3 is 5.32 Å². The number of aromatic nitrogens is 1. The van der Waals surface area contributed by atoms with Crippen molar-refractivity contribution in [2.75, 3.05) is 21.9 Å². The number of carbonyl (C=O) groups excluding carboxylic acids is 1. The number of hydrogen-bond acceptors (Lipinski definition) is 5.